The number of aryl methyl sites for hydroxylation is 1. The van der Waals surface area contributed by atoms with Crippen molar-refractivity contribution in [3.05, 3.63) is 135 Å². The SMILES string of the molecule is Cc1sc(NC(=O)C(Sc2ccc(NC(=O)c3cccc([N+](=O)[O-])c3)cc2)c2ccccc2)nc1-c1ccccc1. The smallest absolute Gasteiger partial charge is 0.270 e. The number of thioether (sulfide) groups is 1. The van der Waals surface area contributed by atoms with E-state index in [1.165, 1.54) is 47.4 Å². The van der Waals surface area contributed by atoms with Crippen molar-refractivity contribution in [3.63, 3.8) is 0 Å². The Kier molecular flexibility index (Phi) is 8.52. The lowest BCUT2D eigenvalue weighted by molar-refractivity contribution is -0.384. The third kappa shape index (κ3) is 6.86. The van der Waals surface area contributed by atoms with Crippen molar-refractivity contribution in [1.29, 1.82) is 0 Å². The normalized spacial score (nSPS) is 11.4. The zero-order valence-corrected chi connectivity index (χ0v) is 23.4. The summed E-state index contributed by atoms with van der Waals surface area (Å²) in [6.45, 7) is 1.98. The summed E-state index contributed by atoms with van der Waals surface area (Å²) >= 11 is 2.82. The summed E-state index contributed by atoms with van der Waals surface area (Å²) in [4.78, 5) is 43.2. The molecule has 0 aliphatic heterocycles. The maximum Gasteiger partial charge on any atom is 0.270 e. The van der Waals surface area contributed by atoms with E-state index < -0.39 is 16.1 Å². The van der Waals surface area contributed by atoms with E-state index in [2.05, 4.69) is 15.6 Å². The van der Waals surface area contributed by atoms with Gasteiger partial charge in [-0.2, -0.15) is 0 Å². The molecule has 204 valence electrons. The van der Waals surface area contributed by atoms with E-state index in [-0.39, 0.29) is 17.2 Å². The number of rotatable bonds is 9. The lowest BCUT2D eigenvalue weighted by Gasteiger charge is -2.16. The van der Waals surface area contributed by atoms with E-state index >= 15 is 0 Å². The van der Waals surface area contributed by atoms with Gasteiger partial charge in [0.2, 0.25) is 5.91 Å². The van der Waals surface area contributed by atoms with Crippen LogP contribution in [0.2, 0.25) is 0 Å². The molecular formula is C31H24N4O4S2. The first-order valence-corrected chi connectivity index (χ1v) is 14.3. The topological polar surface area (TPSA) is 114 Å². The molecule has 0 fully saturated rings. The third-order valence-electron chi connectivity index (χ3n) is 6.10. The van der Waals surface area contributed by atoms with Gasteiger partial charge in [-0.25, -0.2) is 4.98 Å². The van der Waals surface area contributed by atoms with Gasteiger partial charge in [0, 0.05) is 38.7 Å². The molecule has 0 spiro atoms. The first-order chi connectivity index (χ1) is 19.9. The van der Waals surface area contributed by atoms with Crippen LogP contribution in [0.25, 0.3) is 11.3 Å². The van der Waals surface area contributed by atoms with Gasteiger partial charge in [-0.05, 0) is 42.8 Å². The third-order valence-corrected chi connectivity index (χ3v) is 8.25. The predicted octanol–water partition coefficient (Wildman–Crippen LogP) is 7.75. The molecule has 8 nitrogen and oxygen atoms in total. The number of thiazole rings is 1. The fraction of sp³-hybridized carbons (Fsp3) is 0.0645. The second-order valence-corrected chi connectivity index (χ2v) is 11.4. The van der Waals surface area contributed by atoms with Gasteiger partial charge in [-0.15, -0.1) is 23.1 Å². The van der Waals surface area contributed by atoms with Crippen LogP contribution < -0.4 is 10.6 Å². The Morgan fingerprint density at radius 2 is 1.56 bits per heavy atom. The van der Waals surface area contributed by atoms with Gasteiger partial charge in [0.25, 0.3) is 11.6 Å². The van der Waals surface area contributed by atoms with Crippen molar-refractivity contribution in [2.45, 2.75) is 17.1 Å². The molecule has 1 atom stereocenters. The average Bonchev–Trinajstić information content (AvgIpc) is 3.37. The van der Waals surface area contributed by atoms with Crippen molar-refractivity contribution in [3.8, 4) is 11.3 Å². The first-order valence-electron chi connectivity index (χ1n) is 12.6. The van der Waals surface area contributed by atoms with E-state index in [1.54, 1.807) is 12.1 Å². The minimum Gasteiger partial charge on any atom is -0.322 e. The zero-order valence-electron chi connectivity index (χ0n) is 21.8. The molecule has 0 aliphatic carbocycles. The average molecular weight is 581 g/mol. The Morgan fingerprint density at radius 3 is 2.24 bits per heavy atom. The Hall–Kier alpha value is -4.80. The highest BCUT2D eigenvalue weighted by Crippen LogP contribution is 2.38. The molecule has 1 aromatic heterocycles. The molecule has 2 amide bonds. The molecule has 0 radical (unpaired) electrons. The molecule has 41 heavy (non-hydrogen) atoms. The minimum absolute atomic E-state index is 0.154. The molecule has 0 aliphatic rings. The second-order valence-electron chi connectivity index (χ2n) is 8.97. The molecule has 10 heteroatoms. The van der Waals surface area contributed by atoms with Crippen LogP contribution in [-0.4, -0.2) is 21.7 Å². The van der Waals surface area contributed by atoms with E-state index in [0.29, 0.717) is 10.8 Å². The van der Waals surface area contributed by atoms with E-state index in [0.717, 1.165) is 26.6 Å². The monoisotopic (exact) mass is 580 g/mol. The maximum atomic E-state index is 13.5. The minimum atomic E-state index is -0.550. The van der Waals surface area contributed by atoms with Crippen LogP contribution in [0.3, 0.4) is 0 Å². The van der Waals surface area contributed by atoms with Gasteiger partial charge >= 0.3 is 0 Å². The second kappa shape index (κ2) is 12.6. The number of hydrogen-bond acceptors (Lipinski definition) is 7. The summed E-state index contributed by atoms with van der Waals surface area (Å²) in [6.07, 6.45) is 0. The Balaban J connectivity index is 1.31. The van der Waals surface area contributed by atoms with Crippen LogP contribution >= 0.6 is 23.1 Å². The molecule has 5 aromatic rings. The van der Waals surface area contributed by atoms with Crippen molar-refractivity contribution < 1.29 is 14.5 Å². The van der Waals surface area contributed by atoms with Crippen molar-refractivity contribution in [2.75, 3.05) is 10.6 Å². The van der Waals surface area contributed by atoms with Gasteiger partial charge in [0.05, 0.1) is 10.6 Å². The highest BCUT2D eigenvalue weighted by Gasteiger charge is 2.24. The molecule has 0 saturated carbocycles. The van der Waals surface area contributed by atoms with Crippen LogP contribution in [0.4, 0.5) is 16.5 Å². The van der Waals surface area contributed by atoms with Gasteiger partial charge < -0.3 is 10.6 Å². The van der Waals surface area contributed by atoms with Gasteiger partial charge in [0.1, 0.15) is 5.25 Å². The number of aromatic nitrogens is 1. The molecule has 0 saturated heterocycles. The number of nitrogens with one attached hydrogen (secondary N) is 2. The quantitative estimate of drug-likeness (QED) is 0.105. The number of nitro benzene ring substituents is 1. The highest BCUT2D eigenvalue weighted by molar-refractivity contribution is 8.00. The van der Waals surface area contributed by atoms with Crippen LogP contribution in [0.1, 0.15) is 26.0 Å². The molecular weight excluding hydrogens is 556 g/mol. The molecule has 0 bridgehead atoms. The molecule has 2 N–H and O–H groups in total. The summed E-state index contributed by atoms with van der Waals surface area (Å²) in [5.41, 5.74) is 3.24. The number of amides is 2. The molecule has 1 heterocycles. The van der Waals surface area contributed by atoms with Crippen LogP contribution in [0, 0.1) is 17.0 Å². The summed E-state index contributed by atoms with van der Waals surface area (Å²) in [5.74, 6) is -0.651. The number of carbonyl (C=O) groups excluding carboxylic acids is 2. The molecule has 5 rings (SSSR count). The summed E-state index contributed by atoms with van der Waals surface area (Å²) in [5, 5.41) is 16.8. The number of carbonyl (C=O) groups is 2. The zero-order chi connectivity index (χ0) is 28.8. The van der Waals surface area contributed by atoms with E-state index in [4.69, 9.17) is 0 Å². The number of hydrogen-bond donors (Lipinski definition) is 2. The van der Waals surface area contributed by atoms with E-state index in [1.807, 2.05) is 79.7 Å². The standard InChI is InChI=1S/C31H24N4O4S2/c1-20-27(21-9-4-2-5-10-21)33-31(40-20)34-30(37)28(22-11-6-3-7-12-22)41-26-17-15-24(16-18-26)32-29(36)23-13-8-14-25(19-23)35(38)39/h2-19,28H,1H3,(H,32,36)(H,33,34,37). The predicted molar refractivity (Wildman–Crippen MR) is 163 cm³/mol. The Labute approximate surface area is 244 Å². The number of non-ortho nitro benzene ring substituents is 1. The van der Waals surface area contributed by atoms with Gasteiger partial charge in [-0.3, -0.25) is 19.7 Å². The number of anilines is 2. The van der Waals surface area contributed by atoms with Gasteiger partial charge in [0.15, 0.2) is 5.13 Å². The van der Waals surface area contributed by atoms with Crippen LogP contribution in [0.5, 0.6) is 0 Å². The fourth-order valence-corrected chi connectivity index (χ4v) is 5.97. The largest absolute Gasteiger partial charge is 0.322 e. The molecule has 4 aromatic carbocycles. The van der Waals surface area contributed by atoms with Crippen molar-refractivity contribution in [1.82, 2.24) is 4.98 Å². The maximum absolute atomic E-state index is 13.5. The lowest BCUT2D eigenvalue weighted by Crippen LogP contribution is -2.19. The number of nitrogens with zero attached hydrogens (tertiary/aromatic N) is 2. The van der Waals surface area contributed by atoms with Crippen molar-refractivity contribution >= 4 is 51.4 Å². The van der Waals surface area contributed by atoms with Crippen molar-refractivity contribution in [2.24, 2.45) is 0 Å². The van der Waals surface area contributed by atoms with Crippen LogP contribution in [0.15, 0.2) is 114 Å². The summed E-state index contributed by atoms with van der Waals surface area (Å²) in [6, 6.07) is 32.0. The Bertz CT molecular complexity index is 1690. The number of benzene rings is 4. The summed E-state index contributed by atoms with van der Waals surface area (Å²) in [7, 11) is 0. The Morgan fingerprint density at radius 1 is 0.878 bits per heavy atom. The van der Waals surface area contributed by atoms with Gasteiger partial charge in [-0.1, -0.05) is 66.7 Å². The molecule has 1 unspecified atom stereocenters. The fourth-order valence-electron chi connectivity index (χ4n) is 4.10. The van der Waals surface area contributed by atoms with E-state index in [9.17, 15) is 19.7 Å². The highest BCUT2D eigenvalue weighted by atomic mass is 32.2. The summed E-state index contributed by atoms with van der Waals surface area (Å²) < 4.78 is 0. The number of nitro groups is 1. The lowest BCUT2D eigenvalue weighted by atomic mass is 10.1. The van der Waals surface area contributed by atoms with Crippen LogP contribution in [-0.2, 0) is 4.79 Å². The first kappa shape index (κ1) is 27.8.